The monoisotopic (exact) mass is 1620 g/mol. The normalized spacial score (nSPS) is 15.1. The minimum Gasteiger partial charge on any atom is -0.412 e. The Kier molecular flexibility index (Phi) is 37.7. The zero-order valence-corrected chi connectivity index (χ0v) is 75.8. The highest BCUT2D eigenvalue weighted by molar-refractivity contribution is 7.05. The van der Waals surface area contributed by atoms with Crippen LogP contribution in [0.5, 0.6) is 0 Å². The topological polar surface area (TPSA) is 368 Å². The fourth-order valence-corrected chi connectivity index (χ4v) is 63.1. The molecule has 5 aromatic carbocycles. The van der Waals surface area contributed by atoms with Crippen molar-refractivity contribution < 1.29 is 45.3 Å². The summed E-state index contributed by atoms with van der Waals surface area (Å²) in [6.07, 6.45) is 3.29. The van der Waals surface area contributed by atoms with E-state index in [2.05, 4.69) is 129 Å². The Labute approximate surface area is 624 Å². The van der Waals surface area contributed by atoms with E-state index >= 15 is 0 Å². The fraction of sp³-hybridized carbons (Fsp3) is 0.538. The summed E-state index contributed by atoms with van der Waals surface area (Å²) in [6, 6.07) is 50.2. The molecule has 0 heterocycles. The number of nitrogens with two attached hydrogens (primary N) is 7. The largest absolute Gasteiger partial charge is 0.512 e. The molecule has 0 aliphatic heterocycles. The Bertz CT molecular complexity index is 2900. The van der Waals surface area contributed by atoms with Gasteiger partial charge in [0.25, 0.3) is 0 Å². The Balaban J connectivity index is 2.22. The second-order valence-electron chi connectivity index (χ2n) is 29.8. The molecule has 0 fully saturated rings. The molecule has 0 aliphatic rings. The van der Waals surface area contributed by atoms with Gasteiger partial charge in [-0.3, -0.25) is 0 Å². The van der Waals surface area contributed by atoms with Crippen molar-refractivity contribution in [3.8, 4) is 0 Å². The number of hydrogen-bond acceptors (Lipinski definition) is 25. The molecule has 0 aliphatic carbocycles. The van der Waals surface area contributed by atoms with Crippen molar-refractivity contribution in [2.75, 3.05) is 135 Å². The third kappa shape index (κ3) is 29.6. The van der Waals surface area contributed by atoms with Gasteiger partial charge in [0.05, 0.1) is 0 Å². The average Bonchev–Trinajstić information content (AvgIpc) is 0.722. The molecule has 25 nitrogen and oxygen atoms in total. The maximum atomic E-state index is 8.99. The van der Waals surface area contributed by atoms with Crippen LogP contribution in [0, 0.1) is 0 Å². The molecule has 0 spiro atoms. The maximum Gasteiger partial charge on any atom is 0.512 e. The van der Waals surface area contributed by atoms with Crippen LogP contribution in [0.1, 0.15) is 0 Å². The predicted octanol–water partition coefficient (Wildman–Crippen LogP) is 0.448. The molecule has 2 atom stereocenters. The van der Waals surface area contributed by atoms with Crippen LogP contribution in [0.25, 0.3) is 0 Å². The van der Waals surface area contributed by atoms with E-state index in [1.54, 1.807) is 0 Å². The Morgan fingerprint density at radius 3 is 0.431 bits per heavy atom. The maximum absolute atomic E-state index is 8.99. The van der Waals surface area contributed by atoms with Gasteiger partial charge in [-0.2, -0.15) is 0 Å². The van der Waals surface area contributed by atoms with Gasteiger partial charge >= 0.3 is 44.0 Å². The summed E-state index contributed by atoms with van der Waals surface area (Å²) in [5, 5.41) is 28.7. The lowest BCUT2D eigenvalue weighted by Gasteiger charge is -2.52. The first kappa shape index (κ1) is 90.3. The van der Waals surface area contributed by atoms with Gasteiger partial charge in [-0.15, -0.1) is 0 Å². The van der Waals surface area contributed by atoms with Crippen LogP contribution < -0.4 is 103 Å². The van der Waals surface area contributed by atoms with Gasteiger partial charge < -0.3 is 123 Å². The Hall–Kier alpha value is -2.30. The van der Waals surface area contributed by atoms with E-state index in [0.717, 1.165) is 0 Å². The summed E-state index contributed by atoms with van der Waals surface area (Å²) in [6.45, 7) is 37.2. The Morgan fingerprint density at radius 2 is 0.314 bits per heavy atom. The predicted molar refractivity (Wildman–Crippen MR) is 447 cm³/mol. The summed E-state index contributed by atoms with van der Waals surface area (Å²) < 4.78 is 93.4. The molecule has 0 bridgehead atoms. The Morgan fingerprint density at radius 1 is 0.196 bits per heavy atom. The quantitative estimate of drug-likeness (QED) is 0.0186. The zero-order chi connectivity index (χ0) is 75.1. The zero-order valence-electron chi connectivity index (χ0n) is 63.8. The van der Waals surface area contributed by atoms with Gasteiger partial charge in [0, 0.05) is 161 Å². The molecule has 0 aromatic heterocycles. The molecule has 0 radical (unpaired) electrons. The van der Waals surface area contributed by atoms with E-state index < -0.39 is 102 Å². The third-order valence-corrected chi connectivity index (χ3v) is 60.2. The molecule has 2 unspecified atom stereocenters. The number of rotatable bonds is 55. The molecule has 5 rings (SSSR count). The number of benzene rings is 5. The van der Waals surface area contributed by atoms with Crippen LogP contribution in [-0.2, 0) is 45.3 Å². The highest BCUT2D eigenvalue weighted by atomic mass is 28.6. The van der Waals surface area contributed by atoms with Crippen LogP contribution >= 0.6 is 0 Å². The summed E-state index contributed by atoms with van der Waals surface area (Å²) in [5.41, 5.74) is 43.8. The van der Waals surface area contributed by atoms with Crippen molar-refractivity contribution in [3.63, 3.8) is 0 Å². The summed E-state index contributed by atoms with van der Waals surface area (Å²) in [4.78, 5) is 0. The van der Waals surface area contributed by atoms with Gasteiger partial charge in [-0.1, -0.05) is 152 Å². The molecule has 102 heavy (non-hydrogen) atoms. The minimum atomic E-state index is -5.18. The minimum absolute atomic E-state index is 0.385. The van der Waals surface area contributed by atoms with Crippen LogP contribution in [-0.4, -0.2) is 237 Å². The van der Waals surface area contributed by atoms with Crippen LogP contribution in [0.2, 0.25) is 91.7 Å². The van der Waals surface area contributed by atoms with Gasteiger partial charge in [0.2, 0.25) is 0 Å². The third-order valence-electron chi connectivity index (χ3n) is 15.7. The smallest absolute Gasteiger partial charge is 0.412 e. The number of nitrogens with one attached hydrogen (secondary N) is 7. The first-order valence-electron chi connectivity index (χ1n) is 36.1. The SMILES string of the molecule is C[Si](C)(CNCCN)O[Si](O[Si](C)(C)CNCCN)(O[Si](O[Si](C)(C)CNCCN)(O[Si](O[Si](C)(C)CNCCN)(O[Si](O[Si](C)(C)CNCCN)(O[Si](O[Si](C)(C)CNCCN)(O[Si](C)(C)CNCCN)c1ccccc1)c1ccccc1)c1ccccc1)c1ccccc1)c1ccccc1. The van der Waals surface area contributed by atoms with Crippen molar-refractivity contribution >= 4 is 128 Å². The lowest BCUT2D eigenvalue weighted by Crippen LogP contribution is -2.82. The molecular weight excluding hydrogens is 1490 g/mol. The van der Waals surface area contributed by atoms with Crippen LogP contribution in [0.15, 0.2) is 152 Å². The number of hydrogen-bond donors (Lipinski definition) is 14. The van der Waals surface area contributed by atoms with E-state index in [4.69, 9.17) is 85.4 Å². The molecular formula is C65H130N14O11Si12. The molecule has 5 aromatic rings. The first-order chi connectivity index (χ1) is 48.2. The van der Waals surface area contributed by atoms with E-state index in [-0.39, 0.29) is 0 Å². The molecule has 0 saturated carbocycles. The van der Waals surface area contributed by atoms with E-state index in [1.165, 1.54) is 0 Å². The summed E-state index contributed by atoms with van der Waals surface area (Å²) >= 11 is 0. The van der Waals surface area contributed by atoms with Crippen LogP contribution in [0.3, 0.4) is 0 Å². The highest BCUT2D eigenvalue weighted by Crippen LogP contribution is 2.37. The standard InChI is InChI=1S/C65H130N14O11Si12/c1-91(2,54-73-47-40-66)80-98(61-30-20-15-21-31-61,81-92(3,4)55-74-48-41-67)87-100(63-34-24-17-25-35-63,84-95(9,10)58-77-51-44-70)89-102(65-38-28-19-29-39-65,86-97(13,14)60-79-53-46-72)90-101(64-36-26-18-27-37-64,85-96(11,12)59-78-52-45-71)88-99(62-32-22-16-23-33-62,82-93(5,6)56-75-49-42-68)83-94(7,8)57-76-50-43-69/h15-39,73-79H,40-60,66-72H2,1-14H3. The van der Waals surface area contributed by atoms with Gasteiger partial charge in [-0.05, 0) is 91.7 Å². The average molecular weight is 1620 g/mol. The van der Waals surface area contributed by atoms with Gasteiger partial charge in [0.15, 0.2) is 58.2 Å². The van der Waals surface area contributed by atoms with Gasteiger partial charge in [-0.25, -0.2) is 0 Å². The van der Waals surface area contributed by atoms with E-state index in [1.807, 2.05) is 152 Å². The molecule has 37 heteroatoms. The molecule has 0 amide bonds. The van der Waals surface area contributed by atoms with Crippen LogP contribution in [0.4, 0.5) is 0 Å². The lowest BCUT2D eigenvalue weighted by atomic mass is 10.4. The summed E-state index contributed by atoms with van der Waals surface area (Å²) in [5.74, 6) is 0. The first-order valence-corrected chi connectivity index (χ1v) is 66.5. The van der Waals surface area contributed by atoms with E-state index in [9.17, 15) is 0 Å². The second kappa shape index (κ2) is 42.6. The summed E-state index contributed by atoms with van der Waals surface area (Å²) in [7, 11) is -46.4. The molecule has 0 saturated heterocycles. The van der Waals surface area contributed by atoms with Crippen molar-refractivity contribution in [2.45, 2.75) is 91.7 Å². The van der Waals surface area contributed by atoms with Gasteiger partial charge in [0.1, 0.15) is 0 Å². The lowest BCUT2D eigenvalue weighted by molar-refractivity contribution is 0.133. The van der Waals surface area contributed by atoms with Crippen molar-refractivity contribution in [2.24, 2.45) is 40.1 Å². The van der Waals surface area contributed by atoms with Crippen molar-refractivity contribution in [1.82, 2.24) is 37.2 Å². The fourth-order valence-electron chi connectivity index (χ4n) is 11.4. The molecule has 21 N–H and O–H groups in total. The molecule has 574 valence electrons. The highest BCUT2D eigenvalue weighted by Gasteiger charge is 2.71. The van der Waals surface area contributed by atoms with Crippen molar-refractivity contribution in [3.05, 3.63) is 152 Å². The van der Waals surface area contributed by atoms with Crippen molar-refractivity contribution in [1.29, 1.82) is 0 Å². The second-order valence-corrected chi connectivity index (χ2v) is 74.4. The van der Waals surface area contributed by atoms with E-state index in [0.29, 0.717) is 161 Å².